The van der Waals surface area contributed by atoms with Crippen molar-refractivity contribution in [3.8, 4) is 11.4 Å². The monoisotopic (exact) mass is 284 g/mol. The van der Waals surface area contributed by atoms with Crippen LogP contribution in [0.15, 0.2) is 36.5 Å². The first-order chi connectivity index (χ1) is 9.80. The second-order valence-electron chi connectivity index (χ2n) is 6.55. The number of nitrogens with zero attached hydrogens (tertiary/aromatic N) is 2. The molecule has 0 bridgehead atoms. The molecule has 1 aromatic heterocycles. The van der Waals surface area contributed by atoms with Crippen molar-refractivity contribution in [2.45, 2.75) is 38.9 Å². The summed E-state index contributed by atoms with van der Waals surface area (Å²) in [5, 5.41) is 0. The largest absolute Gasteiger partial charge is 0.516 e. The topological polar surface area (TPSA) is 36.3 Å². The number of rotatable bonds is 2. The maximum atomic E-state index is 6.06. The van der Waals surface area contributed by atoms with Crippen LogP contribution in [0.3, 0.4) is 0 Å². The lowest BCUT2D eigenvalue weighted by Gasteiger charge is -2.32. The van der Waals surface area contributed by atoms with E-state index in [9.17, 15) is 0 Å². The molecule has 5 heteroatoms. The van der Waals surface area contributed by atoms with Crippen LogP contribution < -0.4 is 5.59 Å². The van der Waals surface area contributed by atoms with E-state index >= 15 is 0 Å². The summed E-state index contributed by atoms with van der Waals surface area (Å²) in [4.78, 5) is 4.71. The molecule has 1 saturated heterocycles. The fraction of sp³-hybridized carbons (Fsp3) is 0.438. The van der Waals surface area contributed by atoms with Crippen LogP contribution in [-0.2, 0) is 16.4 Å². The molecule has 21 heavy (non-hydrogen) atoms. The first kappa shape index (κ1) is 14.4. The van der Waals surface area contributed by atoms with E-state index < -0.39 is 7.12 Å². The molecule has 2 heterocycles. The maximum absolute atomic E-state index is 6.06. The highest BCUT2D eigenvalue weighted by molar-refractivity contribution is 6.61. The Kier molecular flexibility index (Phi) is 3.22. The Balaban J connectivity index is 1.93. The minimum absolute atomic E-state index is 0.345. The van der Waals surface area contributed by atoms with Crippen molar-refractivity contribution in [2.24, 2.45) is 7.05 Å². The zero-order valence-corrected chi connectivity index (χ0v) is 13.3. The number of imidazole rings is 1. The van der Waals surface area contributed by atoms with Gasteiger partial charge in [0.1, 0.15) is 5.82 Å². The standard InChI is InChI=1S/C16H21BN2O2/c1-15(2)16(3,4)21-17(20-15)13-11-19(5)14(18-13)12-9-7-6-8-10-12/h6-11H,1-5H3. The van der Waals surface area contributed by atoms with Gasteiger partial charge >= 0.3 is 7.12 Å². The zero-order valence-electron chi connectivity index (χ0n) is 13.3. The molecule has 2 aromatic rings. The van der Waals surface area contributed by atoms with Gasteiger partial charge in [0.2, 0.25) is 0 Å². The van der Waals surface area contributed by atoms with Gasteiger partial charge in [0.05, 0.1) is 16.8 Å². The van der Waals surface area contributed by atoms with Gasteiger partial charge in [0.15, 0.2) is 0 Å². The Bertz CT molecular complexity index is 634. The SMILES string of the molecule is Cn1cc(B2OC(C)(C)C(C)(C)O2)nc1-c1ccccc1. The van der Waals surface area contributed by atoms with E-state index in [1.54, 1.807) is 0 Å². The van der Waals surface area contributed by atoms with Crippen LogP contribution in [0, 0.1) is 0 Å². The molecule has 110 valence electrons. The van der Waals surface area contributed by atoms with Gasteiger partial charge in [-0.3, -0.25) is 0 Å². The highest BCUT2D eigenvalue weighted by atomic mass is 16.7. The number of benzene rings is 1. The predicted molar refractivity (Wildman–Crippen MR) is 84.4 cm³/mol. The maximum Gasteiger partial charge on any atom is 0.516 e. The van der Waals surface area contributed by atoms with Crippen LogP contribution in [0.2, 0.25) is 0 Å². The smallest absolute Gasteiger partial charge is 0.398 e. The van der Waals surface area contributed by atoms with Crippen LogP contribution >= 0.6 is 0 Å². The molecule has 0 amide bonds. The summed E-state index contributed by atoms with van der Waals surface area (Å²) in [5.41, 5.74) is 1.21. The van der Waals surface area contributed by atoms with Crippen LogP contribution in [0.1, 0.15) is 27.7 Å². The fourth-order valence-corrected chi connectivity index (χ4v) is 2.42. The van der Waals surface area contributed by atoms with Crippen LogP contribution in [-0.4, -0.2) is 27.9 Å². The molecule has 0 N–H and O–H groups in total. The second kappa shape index (κ2) is 4.72. The highest BCUT2D eigenvalue weighted by Gasteiger charge is 2.52. The average Bonchev–Trinajstić information content (AvgIpc) is 2.89. The van der Waals surface area contributed by atoms with Gasteiger partial charge in [0, 0.05) is 18.8 Å². The quantitative estimate of drug-likeness (QED) is 0.794. The molecule has 0 atom stereocenters. The third-order valence-corrected chi connectivity index (χ3v) is 4.42. The van der Waals surface area contributed by atoms with E-state index in [-0.39, 0.29) is 11.2 Å². The van der Waals surface area contributed by atoms with E-state index in [1.807, 2.05) is 63.7 Å². The average molecular weight is 284 g/mol. The van der Waals surface area contributed by atoms with Gasteiger partial charge in [-0.15, -0.1) is 0 Å². The fourth-order valence-electron chi connectivity index (χ4n) is 2.42. The third kappa shape index (κ3) is 2.41. The van der Waals surface area contributed by atoms with Gasteiger partial charge in [-0.25, -0.2) is 4.98 Å². The number of hydrogen-bond donors (Lipinski definition) is 0. The highest BCUT2D eigenvalue weighted by Crippen LogP contribution is 2.36. The Morgan fingerprint density at radius 1 is 1.00 bits per heavy atom. The van der Waals surface area contributed by atoms with E-state index in [2.05, 4.69) is 12.1 Å². The Morgan fingerprint density at radius 2 is 1.57 bits per heavy atom. The summed E-state index contributed by atoms with van der Waals surface area (Å²) in [6.07, 6.45) is 1.98. The minimum atomic E-state index is -0.418. The molecule has 0 radical (unpaired) electrons. The summed E-state index contributed by atoms with van der Waals surface area (Å²) in [7, 11) is 1.57. The summed E-state index contributed by atoms with van der Waals surface area (Å²) in [5.74, 6) is 0.917. The minimum Gasteiger partial charge on any atom is -0.398 e. The summed E-state index contributed by atoms with van der Waals surface area (Å²) in [6, 6.07) is 10.1. The first-order valence-corrected chi connectivity index (χ1v) is 7.24. The molecular formula is C16H21BN2O2. The first-order valence-electron chi connectivity index (χ1n) is 7.24. The molecule has 4 nitrogen and oxygen atoms in total. The molecule has 0 spiro atoms. The molecule has 1 aliphatic heterocycles. The molecule has 3 rings (SSSR count). The van der Waals surface area contributed by atoms with Crippen molar-refractivity contribution in [1.82, 2.24) is 9.55 Å². The van der Waals surface area contributed by atoms with E-state index in [4.69, 9.17) is 14.3 Å². The lowest BCUT2D eigenvalue weighted by Crippen LogP contribution is -2.41. The van der Waals surface area contributed by atoms with E-state index in [0.29, 0.717) is 0 Å². The van der Waals surface area contributed by atoms with Crippen LogP contribution in [0.4, 0.5) is 0 Å². The van der Waals surface area contributed by atoms with E-state index in [1.165, 1.54) is 0 Å². The van der Waals surface area contributed by atoms with Gasteiger partial charge in [-0.05, 0) is 27.7 Å². The lowest BCUT2D eigenvalue weighted by atomic mass is 9.86. The number of hydrogen-bond acceptors (Lipinski definition) is 3. The van der Waals surface area contributed by atoms with Crippen molar-refractivity contribution >= 4 is 12.7 Å². The lowest BCUT2D eigenvalue weighted by molar-refractivity contribution is 0.00578. The number of aryl methyl sites for hydroxylation is 1. The van der Waals surface area contributed by atoms with Crippen molar-refractivity contribution < 1.29 is 9.31 Å². The predicted octanol–water partition coefficient (Wildman–Crippen LogP) is 2.39. The molecule has 1 aromatic carbocycles. The summed E-state index contributed by atoms with van der Waals surface area (Å²) < 4.78 is 14.1. The second-order valence-corrected chi connectivity index (χ2v) is 6.55. The molecule has 1 aliphatic rings. The van der Waals surface area contributed by atoms with Crippen molar-refractivity contribution in [2.75, 3.05) is 0 Å². The summed E-state index contributed by atoms with van der Waals surface area (Å²) >= 11 is 0. The molecule has 0 aliphatic carbocycles. The summed E-state index contributed by atoms with van der Waals surface area (Å²) in [6.45, 7) is 8.20. The van der Waals surface area contributed by atoms with E-state index in [0.717, 1.165) is 17.0 Å². The Morgan fingerprint density at radius 3 is 2.14 bits per heavy atom. The number of aromatic nitrogens is 2. The van der Waals surface area contributed by atoms with Crippen molar-refractivity contribution in [3.05, 3.63) is 36.5 Å². The van der Waals surface area contributed by atoms with Gasteiger partial charge in [0.25, 0.3) is 0 Å². The zero-order chi connectivity index (χ0) is 15.3. The molecule has 1 fully saturated rings. The normalized spacial score (nSPS) is 20.0. The Hall–Kier alpha value is -1.59. The third-order valence-electron chi connectivity index (χ3n) is 4.42. The molecule has 0 saturated carbocycles. The van der Waals surface area contributed by atoms with Crippen molar-refractivity contribution in [1.29, 1.82) is 0 Å². The van der Waals surface area contributed by atoms with Crippen LogP contribution in [0.25, 0.3) is 11.4 Å². The molecule has 0 unspecified atom stereocenters. The van der Waals surface area contributed by atoms with Crippen LogP contribution in [0.5, 0.6) is 0 Å². The Labute approximate surface area is 126 Å². The van der Waals surface area contributed by atoms with Crippen molar-refractivity contribution in [3.63, 3.8) is 0 Å². The molecular weight excluding hydrogens is 263 g/mol. The van der Waals surface area contributed by atoms with Gasteiger partial charge < -0.3 is 13.9 Å². The van der Waals surface area contributed by atoms with Gasteiger partial charge in [-0.1, -0.05) is 30.3 Å². The van der Waals surface area contributed by atoms with Gasteiger partial charge in [-0.2, -0.15) is 0 Å².